The van der Waals surface area contributed by atoms with Crippen LogP contribution in [0.15, 0.2) is 0 Å². The van der Waals surface area contributed by atoms with Crippen LogP contribution >= 0.6 is 0 Å². The molecule has 0 N–H and O–H groups in total. The van der Waals surface area contributed by atoms with Gasteiger partial charge < -0.3 is 0 Å². The number of carbonyl (C=O) groups excluding carboxylic acids is 1. The van der Waals surface area contributed by atoms with E-state index in [-0.39, 0.29) is 0 Å². The Kier molecular flexibility index (Phi) is 1.25. The van der Waals surface area contributed by atoms with Crippen LogP contribution in [0.1, 0.15) is 46.0 Å². The molecule has 0 heterocycles. The molecule has 0 aromatic heterocycles. The van der Waals surface area contributed by atoms with Crippen LogP contribution < -0.4 is 0 Å². The van der Waals surface area contributed by atoms with Crippen LogP contribution in [-0.2, 0) is 4.79 Å². The molecule has 1 spiro atoms. The average Bonchev–Trinajstić information content (AvgIpc) is 2.60. The van der Waals surface area contributed by atoms with Crippen LogP contribution in [-0.4, -0.2) is 5.78 Å². The van der Waals surface area contributed by atoms with Gasteiger partial charge in [-0.15, -0.1) is 0 Å². The molecule has 2 saturated carbocycles. The van der Waals surface area contributed by atoms with Gasteiger partial charge in [-0.3, -0.25) is 4.79 Å². The van der Waals surface area contributed by atoms with Gasteiger partial charge in [0.05, 0.1) is 0 Å². The monoisotopic (exact) mass is 152 g/mol. The van der Waals surface area contributed by atoms with Crippen LogP contribution in [0.2, 0.25) is 0 Å². The van der Waals surface area contributed by atoms with E-state index >= 15 is 0 Å². The van der Waals surface area contributed by atoms with Gasteiger partial charge in [-0.1, -0.05) is 13.8 Å². The molecule has 0 saturated heterocycles. The summed E-state index contributed by atoms with van der Waals surface area (Å²) >= 11 is 0. The molecule has 2 aliphatic carbocycles. The van der Waals surface area contributed by atoms with Gasteiger partial charge in [-0.2, -0.15) is 0 Å². The lowest BCUT2D eigenvalue weighted by molar-refractivity contribution is -0.125. The summed E-state index contributed by atoms with van der Waals surface area (Å²) in [4.78, 5) is 11.2. The van der Waals surface area contributed by atoms with Crippen molar-refractivity contribution in [1.29, 1.82) is 0 Å². The van der Waals surface area contributed by atoms with Crippen LogP contribution in [0.3, 0.4) is 0 Å². The third-order valence-corrected chi connectivity index (χ3v) is 3.81. The Hall–Kier alpha value is -0.330. The molecule has 0 aromatic carbocycles. The molecule has 0 aliphatic heterocycles. The largest absolute Gasteiger partial charge is 0.300 e. The summed E-state index contributed by atoms with van der Waals surface area (Å²) in [6.07, 6.45) is 5.58. The zero-order chi connectivity index (χ0) is 8.11. The molecular weight excluding hydrogens is 136 g/mol. The summed E-state index contributed by atoms with van der Waals surface area (Å²) in [5, 5.41) is 0. The van der Waals surface area contributed by atoms with E-state index in [1.807, 2.05) is 0 Å². The molecule has 11 heavy (non-hydrogen) atoms. The maximum atomic E-state index is 11.2. The molecule has 0 radical (unpaired) electrons. The number of carbonyl (C=O) groups is 1. The Labute approximate surface area is 68.2 Å². The molecule has 0 aromatic rings. The van der Waals surface area contributed by atoms with E-state index in [4.69, 9.17) is 0 Å². The number of hydrogen-bond acceptors (Lipinski definition) is 1. The fourth-order valence-corrected chi connectivity index (χ4v) is 2.56. The predicted molar refractivity (Wildman–Crippen MR) is 44.3 cm³/mol. The van der Waals surface area contributed by atoms with Crippen LogP contribution in [0, 0.1) is 10.8 Å². The Morgan fingerprint density at radius 3 is 2.27 bits per heavy atom. The highest BCUT2D eigenvalue weighted by Gasteiger charge is 2.56. The number of Topliss-reactive ketones (excluding diaryl/α,β-unsaturated/α-hetero) is 1. The standard InChI is InChI=1S/C10H16O/c1-9(2)7-8(11)3-4-10(9)5-6-10/h3-7H2,1-2H3. The first kappa shape index (κ1) is 7.33. The highest BCUT2D eigenvalue weighted by molar-refractivity contribution is 5.80. The molecule has 0 atom stereocenters. The molecule has 2 aliphatic rings. The summed E-state index contributed by atoms with van der Waals surface area (Å²) < 4.78 is 0. The third kappa shape index (κ3) is 0.935. The lowest BCUT2D eigenvalue weighted by Gasteiger charge is -2.38. The van der Waals surface area contributed by atoms with Gasteiger partial charge in [0.15, 0.2) is 0 Å². The SMILES string of the molecule is CC1(C)CC(=O)CCC12CC2. The minimum absolute atomic E-state index is 0.308. The van der Waals surface area contributed by atoms with Crippen LogP contribution in [0.4, 0.5) is 0 Å². The summed E-state index contributed by atoms with van der Waals surface area (Å²) in [5.41, 5.74) is 0.892. The van der Waals surface area contributed by atoms with Crippen molar-refractivity contribution in [3.8, 4) is 0 Å². The Morgan fingerprint density at radius 2 is 1.82 bits per heavy atom. The third-order valence-electron chi connectivity index (χ3n) is 3.81. The second-order valence-electron chi connectivity index (χ2n) is 4.88. The maximum absolute atomic E-state index is 11.2. The zero-order valence-corrected chi connectivity index (χ0v) is 7.44. The summed E-state index contributed by atoms with van der Waals surface area (Å²) in [6, 6.07) is 0. The minimum atomic E-state index is 0.308. The quantitative estimate of drug-likeness (QED) is 0.521. The van der Waals surface area contributed by atoms with Gasteiger partial charge in [-0.25, -0.2) is 0 Å². The first-order chi connectivity index (χ1) is 5.06. The van der Waals surface area contributed by atoms with Crippen molar-refractivity contribution in [2.45, 2.75) is 46.0 Å². The van der Waals surface area contributed by atoms with E-state index in [0.29, 0.717) is 16.6 Å². The van der Waals surface area contributed by atoms with Crippen molar-refractivity contribution in [2.24, 2.45) is 10.8 Å². The molecule has 0 unspecified atom stereocenters. The summed E-state index contributed by atoms with van der Waals surface area (Å²) in [6.45, 7) is 4.52. The van der Waals surface area contributed by atoms with E-state index < -0.39 is 0 Å². The Morgan fingerprint density at radius 1 is 1.18 bits per heavy atom. The maximum Gasteiger partial charge on any atom is 0.133 e. The van der Waals surface area contributed by atoms with E-state index in [1.165, 1.54) is 19.3 Å². The van der Waals surface area contributed by atoms with Crippen molar-refractivity contribution in [3.63, 3.8) is 0 Å². The smallest absolute Gasteiger partial charge is 0.133 e. The Balaban J connectivity index is 2.20. The molecule has 62 valence electrons. The fraction of sp³-hybridized carbons (Fsp3) is 0.900. The predicted octanol–water partition coefficient (Wildman–Crippen LogP) is 2.55. The number of rotatable bonds is 0. The lowest BCUT2D eigenvalue weighted by Crippen LogP contribution is -2.33. The van der Waals surface area contributed by atoms with Crippen LogP contribution in [0.5, 0.6) is 0 Å². The second-order valence-corrected chi connectivity index (χ2v) is 4.88. The van der Waals surface area contributed by atoms with E-state index in [2.05, 4.69) is 13.8 Å². The van der Waals surface area contributed by atoms with Crippen molar-refractivity contribution < 1.29 is 4.79 Å². The van der Waals surface area contributed by atoms with E-state index in [9.17, 15) is 4.79 Å². The fourth-order valence-electron chi connectivity index (χ4n) is 2.56. The number of hydrogen-bond donors (Lipinski definition) is 0. The normalized spacial score (nSPS) is 32.4. The first-order valence-corrected chi connectivity index (χ1v) is 4.58. The van der Waals surface area contributed by atoms with Gasteiger partial charge in [0.1, 0.15) is 5.78 Å². The molecule has 2 rings (SSSR count). The second kappa shape index (κ2) is 1.88. The van der Waals surface area contributed by atoms with Crippen molar-refractivity contribution in [1.82, 2.24) is 0 Å². The van der Waals surface area contributed by atoms with Gasteiger partial charge in [-0.05, 0) is 30.1 Å². The van der Waals surface area contributed by atoms with Gasteiger partial charge in [0.2, 0.25) is 0 Å². The molecule has 1 nitrogen and oxygen atoms in total. The Bertz CT molecular complexity index is 199. The van der Waals surface area contributed by atoms with Gasteiger partial charge in [0, 0.05) is 12.8 Å². The average molecular weight is 152 g/mol. The lowest BCUT2D eigenvalue weighted by atomic mass is 9.66. The summed E-state index contributed by atoms with van der Waals surface area (Å²) in [5.74, 6) is 0.479. The number of ketones is 1. The van der Waals surface area contributed by atoms with Gasteiger partial charge in [0.25, 0.3) is 0 Å². The zero-order valence-electron chi connectivity index (χ0n) is 7.44. The molecular formula is C10H16O. The van der Waals surface area contributed by atoms with E-state index in [1.54, 1.807) is 0 Å². The van der Waals surface area contributed by atoms with Crippen molar-refractivity contribution >= 4 is 5.78 Å². The molecule has 2 fully saturated rings. The van der Waals surface area contributed by atoms with Crippen LogP contribution in [0.25, 0.3) is 0 Å². The highest BCUT2D eigenvalue weighted by Crippen LogP contribution is 2.64. The topological polar surface area (TPSA) is 17.1 Å². The van der Waals surface area contributed by atoms with Crippen molar-refractivity contribution in [2.75, 3.05) is 0 Å². The van der Waals surface area contributed by atoms with E-state index in [0.717, 1.165) is 12.8 Å². The van der Waals surface area contributed by atoms with Crippen molar-refractivity contribution in [3.05, 3.63) is 0 Å². The highest BCUT2D eigenvalue weighted by atomic mass is 16.1. The minimum Gasteiger partial charge on any atom is -0.300 e. The first-order valence-electron chi connectivity index (χ1n) is 4.58. The molecule has 1 heteroatoms. The van der Waals surface area contributed by atoms with Gasteiger partial charge >= 0.3 is 0 Å². The summed E-state index contributed by atoms with van der Waals surface area (Å²) in [7, 11) is 0. The molecule has 0 bridgehead atoms. The molecule has 0 amide bonds.